The highest BCUT2D eigenvalue weighted by Crippen LogP contribution is 2.40. The average molecular weight is 263 g/mol. The third-order valence-electron chi connectivity index (χ3n) is 4.41. The van der Waals surface area contributed by atoms with E-state index in [0.29, 0.717) is 6.54 Å². The minimum absolute atomic E-state index is 0.148. The van der Waals surface area contributed by atoms with Gasteiger partial charge in [0.1, 0.15) is 5.82 Å². The van der Waals surface area contributed by atoms with E-state index in [-0.39, 0.29) is 16.9 Å². The number of hydrogen-bond acceptors (Lipinski definition) is 1. The molecule has 0 heterocycles. The lowest BCUT2D eigenvalue weighted by Gasteiger charge is -2.27. The van der Waals surface area contributed by atoms with Gasteiger partial charge < -0.3 is 5.32 Å². The molecule has 1 aliphatic carbocycles. The smallest absolute Gasteiger partial charge is 0.254 e. The second kappa shape index (κ2) is 5.72. The first kappa shape index (κ1) is 14.0. The fourth-order valence-electron chi connectivity index (χ4n) is 2.95. The van der Waals surface area contributed by atoms with Crippen LogP contribution in [-0.4, -0.2) is 12.5 Å². The van der Waals surface area contributed by atoms with Crippen molar-refractivity contribution in [3.8, 4) is 0 Å². The second-order valence-electron chi connectivity index (χ2n) is 5.73. The van der Waals surface area contributed by atoms with E-state index in [2.05, 4.69) is 12.2 Å². The molecule has 0 spiro atoms. The summed E-state index contributed by atoms with van der Waals surface area (Å²) in [5, 5.41) is 2.91. The number of aryl methyl sites for hydroxylation is 1. The van der Waals surface area contributed by atoms with Crippen LogP contribution < -0.4 is 5.32 Å². The standard InChI is InChI=1S/C16H22FNO/c1-3-16(8-4-5-9-16)11-18-15(19)13-7-6-12(2)10-14(13)17/h6-7,10H,3-5,8-9,11H2,1-2H3,(H,18,19). The van der Waals surface area contributed by atoms with Crippen LogP contribution in [0.2, 0.25) is 0 Å². The van der Waals surface area contributed by atoms with Crippen molar-refractivity contribution in [1.82, 2.24) is 5.32 Å². The molecule has 2 nitrogen and oxygen atoms in total. The average Bonchev–Trinajstić information content (AvgIpc) is 2.85. The number of rotatable bonds is 4. The predicted octanol–water partition coefficient (Wildman–Crippen LogP) is 3.83. The molecule has 0 aromatic heterocycles. The SMILES string of the molecule is CCC1(CNC(=O)c2ccc(C)cc2F)CCCC1. The van der Waals surface area contributed by atoms with E-state index in [4.69, 9.17) is 0 Å². The molecule has 2 rings (SSSR count). The minimum Gasteiger partial charge on any atom is -0.351 e. The van der Waals surface area contributed by atoms with Crippen molar-refractivity contribution in [2.24, 2.45) is 5.41 Å². The molecule has 1 fully saturated rings. The first-order valence-corrected chi connectivity index (χ1v) is 7.11. The summed E-state index contributed by atoms with van der Waals surface area (Å²) < 4.78 is 13.7. The molecule has 0 atom stereocenters. The van der Waals surface area contributed by atoms with Crippen LogP contribution >= 0.6 is 0 Å². The molecule has 0 radical (unpaired) electrons. The Hall–Kier alpha value is -1.38. The second-order valence-corrected chi connectivity index (χ2v) is 5.73. The Kier molecular flexibility index (Phi) is 4.23. The minimum atomic E-state index is -0.436. The van der Waals surface area contributed by atoms with Gasteiger partial charge in [0.25, 0.3) is 5.91 Å². The van der Waals surface area contributed by atoms with Gasteiger partial charge in [0.15, 0.2) is 0 Å². The van der Waals surface area contributed by atoms with E-state index in [1.807, 2.05) is 6.92 Å². The van der Waals surface area contributed by atoms with Crippen LogP contribution in [0.5, 0.6) is 0 Å². The summed E-state index contributed by atoms with van der Waals surface area (Å²) in [6.45, 7) is 4.65. The van der Waals surface area contributed by atoms with E-state index < -0.39 is 5.82 Å². The van der Waals surface area contributed by atoms with E-state index >= 15 is 0 Å². The zero-order valence-corrected chi connectivity index (χ0v) is 11.8. The largest absolute Gasteiger partial charge is 0.351 e. The van der Waals surface area contributed by atoms with Crippen molar-refractivity contribution in [2.75, 3.05) is 6.54 Å². The monoisotopic (exact) mass is 263 g/mol. The normalized spacial score (nSPS) is 17.4. The topological polar surface area (TPSA) is 29.1 Å². The molecule has 1 amide bonds. The van der Waals surface area contributed by atoms with Gasteiger partial charge in [-0.1, -0.05) is 25.8 Å². The molecule has 1 aromatic rings. The summed E-state index contributed by atoms with van der Waals surface area (Å²) in [7, 11) is 0. The molecule has 1 aliphatic rings. The summed E-state index contributed by atoms with van der Waals surface area (Å²) >= 11 is 0. The van der Waals surface area contributed by atoms with E-state index in [1.165, 1.54) is 31.7 Å². The van der Waals surface area contributed by atoms with Gasteiger partial charge in [-0.2, -0.15) is 0 Å². The third-order valence-corrected chi connectivity index (χ3v) is 4.41. The van der Waals surface area contributed by atoms with Gasteiger partial charge >= 0.3 is 0 Å². The predicted molar refractivity (Wildman–Crippen MR) is 74.7 cm³/mol. The number of hydrogen-bond donors (Lipinski definition) is 1. The number of benzene rings is 1. The van der Waals surface area contributed by atoms with Crippen LogP contribution in [0.3, 0.4) is 0 Å². The molecule has 1 N–H and O–H groups in total. The highest BCUT2D eigenvalue weighted by atomic mass is 19.1. The molecule has 19 heavy (non-hydrogen) atoms. The lowest BCUT2D eigenvalue weighted by molar-refractivity contribution is 0.0924. The lowest BCUT2D eigenvalue weighted by Crippen LogP contribution is -2.36. The first-order chi connectivity index (χ1) is 9.06. The maximum absolute atomic E-state index is 13.7. The highest BCUT2D eigenvalue weighted by molar-refractivity contribution is 5.94. The summed E-state index contributed by atoms with van der Waals surface area (Å²) in [5.74, 6) is -0.730. The Balaban J connectivity index is 2.01. The third kappa shape index (κ3) is 3.14. The molecule has 3 heteroatoms. The van der Waals surface area contributed by atoms with Crippen molar-refractivity contribution < 1.29 is 9.18 Å². The Bertz CT molecular complexity index is 464. The molecular formula is C16H22FNO. The van der Waals surface area contributed by atoms with Gasteiger partial charge in [0.05, 0.1) is 5.56 Å². The Labute approximate surface area is 114 Å². The lowest BCUT2D eigenvalue weighted by atomic mass is 9.83. The summed E-state index contributed by atoms with van der Waals surface area (Å²) in [5.41, 5.74) is 1.21. The number of amides is 1. The number of nitrogens with one attached hydrogen (secondary N) is 1. The van der Waals surface area contributed by atoms with Crippen molar-refractivity contribution in [2.45, 2.75) is 46.0 Å². The highest BCUT2D eigenvalue weighted by Gasteiger charge is 2.32. The summed E-state index contributed by atoms with van der Waals surface area (Å²) in [6.07, 6.45) is 5.88. The maximum Gasteiger partial charge on any atom is 0.254 e. The number of carbonyl (C=O) groups excluding carboxylic acids is 1. The zero-order valence-electron chi connectivity index (χ0n) is 11.8. The van der Waals surface area contributed by atoms with Crippen LogP contribution in [0.15, 0.2) is 18.2 Å². The van der Waals surface area contributed by atoms with Crippen LogP contribution in [0, 0.1) is 18.2 Å². The quantitative estimate of drug-likeness (QED) is 0.878. The summed E-state index contributed by atoms with van der Waals surface area (Å²) in [6, 6.07) is 4.73. The van der Waals surface area contributed by atoms with Gasteiger partial charge in [0, 0.05) is 6.54 Å². The Morgan fingerprint density at radius 1 is 1.37 bits per heavy atom. The Morgan fingerprint density at radius 2 is 2.05 bits per heavy atom. The molecular weight excluding hydrogens is 241 g/mol. The molecule has 0 saturated heterocycles. The van der Waals surface area contributed by atoms with Crippen LogP contribution in [-0.2, 0) is 0 Å². The molecule has 1 aromatic carbocycles. The molecule has 1 saturated carbocycles. The van der Waals surface area contributed by atoms with Crippen molar-refractivity contribution in [3.05, 3.63) is 35.1 Å². The molecule has 104 valence electrons. The van der Waals surface area contributed by atoms with Crippen LogP contribution in [0.25, 0.3) is 0 Å². The number of carbonyl (C=O) groups is 1. The maximum atomic E-state index is 13.7. The molecule has 0 bridgehead atoms. The van der Waals surface area contributed by atoms with Crippen LogP contribution in [0.4, 0.5) is 4.39 Å². The van der Waals surface area contributed by atoms with Crippen LogP contribution in [0.1, 0.15) is 54.9 Å². The van der Waals surface area contributed by atoms with E-state index in [1.54, 1.807) is 12.1 Å². The van der Waals surface area contributed by atoms with Gasteiger partial charge in [-0.15, -0.1) is 0 Å². The summed E-state index contributed by atoms with van der Waals surface area (Å²) in [4.78, 5) is 12.0. The number of halogens is 1. The molecule has 0 unspecified atom stereocenters. The fraction of sp³-hybridized carbons (Fsp3) is 0.562. The first-order valence-electron chi connectivity index (χ1n) is 7.11. The zero-order chi connectivity index (χ0) is 13.9. The van der Waals surface area contributed by atoms with Crippen molar-refractivity contribution in [3.63, 3.8) is 0 Å². The fourth-order valence-corrected chi connectivity index (χ4v) is 2.95. The Morgan fingerprint density at radius 3 is 2.63 bits per heavy atom. The van der Waals surface area contributed by atoms with E-state index in [0.717, 1.165) is 12.0 Å². The van der Waals surface area contributed by atoms with Crippen molar-refractivity contribution >= 4 is 5.91 Å². The van der Waals surface area contributed by atoms with Gasteiger partial charge in [0.2, 0.25) is 0 Å². The van der Waals surface area contributed by atoms with E-state index in [9.17, 15) is 9.18 Å². The van der Waals surface area contributed by atoms with Gasteiger partial charge in [-0.3, -0.25) is 4.79 Å². The van der Waals surface area contributed by atoms with Gasteiger partial charge in [-0.05, 0) is 49.3 Å². The van der Waals surface area contributed by atoms with Crippen molar-refractivity contribution in [1.29, 1.82) is 0 Å². The van der Waals surface area contributed by atoms with Gasteiger partial charge in [-0.25, -0.2) is 4.39 Å². The molecule has 0 aliphatic heterocycles.